The van der Waals surface area contributed by atoms with Gasteiger partial charge in [0.15, 0.2) is 0 Å². The molecule has 0 fully saturated rings. The lowest BCUT2D eigenvalue weighted by molar-refractivity contribution is 0.309. The monoisotopic (exact) mass is 798 g/mol. The quantitative estimate of drug-likeness (QED) is 0.0845. The van der Waals surface area contributed by atoms with Crippen LogP contribution >= 0.6 is 0 Å². The molecule has 4 aromatic carbocycles. The van der Waals surface area contributed by atoms with Crippen molar-refractivity contribution in [2.75, 3.05) is 13.2 Å². The summed E-state index contributed by atoms with van der Waals surface area (Å²) in [5, 5.41) is 10.3. The van der Waals surface area contributed by atoms with E-state index in [1.165, 1.54) is 0 Å². The van der Waals surface area contributed by atoms with Gasteiger partial charge in [-0.05, 0) is 132 Å². The highest BCUT2D eigenvalue weighted by Crippen LogP contribution is 2.39. The third kappa shape index (κ3) is 8.09. The van der Waals surface area contributed by atoms with Gasteiger partial charge in [-0.3, -0.25) is 0 Å². The van der Waals surface area contributed by atoms with Crippen molar-refractivity contribution in [2.24, 2.45) is 0 Å². The van der Waals surface area contributed by atoms with Crippen LogP contribution in [0.1, 0.15) is 67.9 Å². The second-order valence-corrected chi connectivity index (χ2v) is 15.2. The van der Waals surface area contributed by atoms with Gasteiger partial charge in [0.25, 0.3) is 0 Å². The van der Waals surface area contributed by atoms with E-state index < -0.39 is 0 Å². The Morgan fingerprint density at radius 2 is 0.803 bits per heavy atom. The van der Waals surface area contributed by atoms with Crippen molar-refractivity contribution in [1.29, 1.82) is 0 Å². The molecule has 9 rings (SSSR count). The number of hydrogen-bond donors (Lipinski definition) is 3. The Labute approximate surface area is 356 Å². The second kappa shape index (κ2) is 17.3. The standard InChI is InChI=1S/C54H46N4O3/c1-4-7-33-60-41-21-15-38(16-22-41)53-47-29-25-43(55-47)51(36-11-9-35(6-3)10-12-36)44-26-30-48(56-44)54(39-17-23-42(24-18-39)61-34-8-5-2)50-32-28-46(58-50)52(45-27-31-49(53)57-45)37-13-19-40(59)20-14-37/h3,9-32,55,58-59H,4-5,7-8,33-34H2,1-2H3. The summed E-state index contributed by atoms with van der Waals surface area (Å²) in [5.74, 6) is 4.61. The summed E-state index contributed by atoms with van der Waals surface area (Å²) in [6, 6.07) is 40.3. The number of aromatic hydroxyl groups is 1. The zero-order valence-electron chi connectivity index (χ0n) is 34.3. The molecule has 2 aliphatic rings. The molecule has 0 spiro atoms. The second-order valence-electron chi connectivity index (χ2n) is 15.2. The number of fused-ring (bicyclic) bond motifs is 8. The number of hydrogen-bond acceptors (Lipinski definition) is 5. The molecule has 7 nitrogen and oxygen atoms in total. The van der Waals surface area contributed by atoms with Crippen LogP contribution in [0.2, 0.25) is 0 Å². The lowest BCUT2D eigenvalue weighted by atomic mass is 10.0. The Bertz CT molecular complexity index is 2930. The van der Waals surface area contributed by atoms with Crippen molar-refractivity contribution < 1.29 is 14.6 Å². The van der Waals surface area contributed by atoms with E-state index in [2.05, 4.69) is 115 Å². The summed E-state index contributed by atoms with van der Waals surface area (Å²) in [5.41, 5.74) is 15.2. The molecule has 8 bridgehead atoms. The maximum Gasteiger partial charge on any atom is 0.119 e. The predicted molar refractivity (Wildman–Crippen MR) is 251 cm³/mol. The number of aromatic amines is 2. The summed E-state index contributed by atoms with van der Waals surface area (Å²) < 4.78 is 12.1. The lowest BCUT2D eigenvalue weighted by Crippen LogP contribution is -1.96. The molecule has 3 aromatic heterocycles. The van der Waals surface area contributed by atoms with Crippen molar-refractivity contribution in [2.45, 2.75) is 39.5 Å². The highest BCUT2D eigenvalue weighted by atomic mass is 16.5. The van der Waals surface area contributed by atoms with E-state index in [1.807, 2.05) is 48.5 Å². The predicted octanol–water partition coefficient (Wildman–Crippen LogP) is 13.4. The van der Waals surface area contributed by atoms with Crippen LogP contribution in [-0.4, -0.2) is 38.3 Å². The third-order valence-corrected chi connectivity index (χ3v) is 11.1. The summed E-state index contributed by atoms with van der Waals surface area (Å²) in [7, 11) is 0. The molecule has 0 saturated heterocycles. The summed E-state index contributed by atoms with van der Waals surface area (Å²) in [6.45, 7) is 5.67. The topological polar surface area (TPSA) is 96.1 Å². The Hall–Kier alpha value is -7.56. The van der Waals surface area contributed by atoms with Gasteiger partial charge < -0.3 is 24.5 Å². The van der Waals surface area contributed by atoms with Crippen LogP contribution in [0.5, 0.6) is 17.2 Å². The van der Waals surface area contributed by atoms with Gasteiger partial charge in [-0.15, -0.1) is 6.42 Å². The Morgan fingerprint density at radius 3 is 1.13 bits per heavy atom. The number of terminal acetylenes is 1. The number of H-pyrrole nitrogens is 2. The number of unbranched alkanes of at least 4 members (excludes halogenated alkanes) is 2. The number of phenolic OH excluding ortho intramolecular Hbond substituents is 1. The molecule has 0 unspecified atom stereocenters. The van der Waals surface area contributed by atoms with Crippen LogP contribution in [0.4, 0.5) is 0 Å². The van der Waals surface area contributed by atoms with E-state index in [4.69, 9.17) is 25.9 Å². The molecule has 0 saturated carbocycles. The lowest BCUT2D eigenvalue weighted by Gasteiger charge is -2.09. The minimum absolute atomic E-state index is 0.195. The maximum absolute atomic E-state index is 10.3. The first-order chi connectivity index (χ1) is 30.0. The summed E-state index contributed by atoms with van der Waals surface area (Å²) in [6.07, 6.45) is 18.3. The van der Waals surface area contributed by atoms with E-state index in [0.29, 0.717) is 13.2 Å². The van der Waals surface area contributed by atoms with Crippen LogP contribution in [0.25, 0.3) is 90.9 Å². The molecule has 0 atom stereocenters. The maximum atomic E-state index is 10.3. The normalized spacial score (nSPS) is 11.8. The van der Waals surface area contributed by atoms with E-state index in [1.54, 1.807) is 12.1 Å². The first-order valence-electron chi connectivity index (χ1n) is 21.0. The van der Waals surface area contributed by atoms with Gasteiger partial charge in [-0.1, -0.05) is 81.1 Å². The average Bonchev–Trinajstić information content (AvgIpc) is 4.14. The molecule has 0 radical (unpaired) electrons. The van der Waals surface area contributed by atoms with Gasteiger partial charge in [-0.2, -0.15) is 0 Å². The number of rotatable bonds is 12. The Balaban J connectivity index is 1.36. The number of phenols is 1. The van der Waals surface area contributed by atoms with Gasteiger partial charge >= 0.3 is 0 Å². The van der Waals surface area contributed by atoms with Crippen LogP contribution in [0.3, 0.4) is 0 Å². The van der Waals surface area contributed by atoms with Crippen molar-refractivity contribution in [3.63, 3.8) is 0 Å². The van der Waals surface area contributed by atoms with Gasteiger partial charge in [0, 0.05) is 49.9 Å². The molecule has 0 aliphatic carbocycles. The van der Waals surface area contributed by atoms with Crippen molar-refractivity contribution >= 4 is 46.4 Å². The van der Waals surface area contributed by atoms with E-state index >= 15 is 0 Å². The molecule has 2 aliphatic heterocycles. The van der Waals surface area contributed by atoms with Gasteiger partial charge in [-0.25, -0.2) is 9.97 Å². The minimum atomic E-state index is 0.195. The molecule has 300 valence electrons. The molecular formula is C54H46N4O3. The van der Waals surface area contributed by atoms with Gasteiger partial charge in [0.1, 0.15) is 17.2 Å². The minimum Gasteiger partial charge on any atom is -0.508 e. The van der Waals surface area contributed by atoms with Crippen LogP contribution in [0.15, 0.2) is 121 Å². The van der Waals surface area contributed by atoms with Crippen LogP contribution in [0, 0.1) is 12.3 Å². The molecule has 7 aromatic rings. The number of ether oxygens (including phenoxy) is 2. The fraction of sp³-hybridized carbons (Fsp3) is 0.148. The SMILES string of the molecule is C#Cc1ccc(-c2c3nc(c(-c4ccc(OCCCC)cc4)c4ccc([nH]4)c(-c4ccc(O)cc4)c4nc(c(-c5ccc(OCCCC)cc5)c5ccc2[nH]5)C=C4)C=C3)cc1. The van der Waals surface area contributed by atoms with Crippen molar-refractivity contribution in [3.05, 3.63) is 150 Å². The molecule has 61 heavy (non-hydrogen) atoms. The smallest absolute Gasteiger partial charge is 0.119 e. The third-order valence-electron chi connectivity index (χ3n) is 11.1. The van der Waals surface area contributed by atoms with Crippen molar-refractivity contribution in [3.8, 4) is 74.1 Å². The average molecular weight is 799 g/mol. The Kier molecular flexibility index (Phi) is 11.1. The zero-order valence-corrected chi connectivity index (χ0v) is 34.3. The fourth-order valence-electron chi connectivity index (χ4n) is 7.89. The number of benzene rings is 4. The molecular weight excluding hydrogens is 753 g/mol. The zero-order chi connectivity index (χ0) is 41.7. The summed E-state index contributed by atoms with van der Waals surface area (Å²) >= 11 is 0. The number of nitrogens with one attached hydrogen (secondary N) is 2. The highest BCUT2D eigenvalue weighted by molar-refractivity contribution is 6.00. The van der Waals surface area contributed by atoms with Crippen molar-refractivity contribution in [1.82, 2.24) is 19.9 Å². The molecule has 5 heterocycles. The largest absolute Gasteiger partial charge is 0.508 e. The Morgan fingerprint density at radius 1 is 0.475 bits per heavy atom. The van der Waals surface area contributed by atoms with E-state index in [9.17, 15) is 5.11 Å². The van der Waals surface area contributed by atoms with E-state index in [0.717, 1.165) is 132 Å². The van der Waals surface area contributed by atoms with Gasteiger partial charge in [0.2, 0.25) is 0 Å². The summed E-state index contributed by atoms with van der Waals surface area (Å²) in [4.78, 5) is 18.4. The van der Waals surface area contributed by atoms with Crippen LogP contribution < -0.4 is 9.47 Å². The number of nitrogens with zero attached hydrogens (tertiary/aromatic N) is 2. The molecule has 0 amide bonds. The highest BCUT2D eigenvalue weighted by Gasteiger charge is 2.19. The van der Waals surface area contributed by atoms with Gasteiger partial charge in [0.05, 0.1) is 36.0 Å². The fourth-order valence-corrected chi connectivity index (χ4v) is 7.89. The first-order valence-corrected chi connectivity index (χ1v) is 21.0. The number of aromatic nitrogens is 4. The van der Waals surface area contributed by atoms with E-state index in [-0.39, 0.29) is 5.75 Å². The first kappa shape index (κ1) is 38.9. The van der Waals surface area contributed by atoms with Crippen LogP contribution in [-0.2, 0) is 0 Å². The molecule has 7 heteroatoms. The molecule has 3 N–H and O–H groups in total.